The van der Waals surface area contributed by atoms with E-state index in [0.29, 0.717) is 25.9 Å². The van der Waals surface area contributed by atoms with Gasteiger partial charge in [0.25, 0.3) is 0 Å². The Morgan fingerprint density at radius 1 is 1.17 bits per heavy atom. The number of amides is 2. The van der Waals surface area contributed by atoms with Gasteiger partial charge in [-0.25, -0.2) is 4.79 Å². The average Bonchev–Trinajstić information content (AvgIpc) is 2.41. The van der Waals surface area contributed by atoms with E-state index in [1.807, 2.05) is 20.8 Å². The molecule has 0 aromatic rings. The fraction of sp³-hybridized carbons (Fsp3) is 0.824. The van der Waals surface area contributed by atoms with Crippen molar-refractivity contribution in [1.82, 2.24) is 10.2 Å². The van der Waals surface area contributed by atoms with Crippen molar-refractivity contribution in [3.63, 3.8) is 0 Å². The molecule has 1 atom stereocenters. The Morgan fingerprint density at radius 2 is 1.70 bits per heavy atom. The van der Waals surface area contributed by atoms with Gasteiger partial charge in [0.2, 0.25) is 5.91 Å². The number of hydrogen-bond donors (Lipinski definition) is 1. The lowest BCUT2D eigenvalue weighted by molar-refractivity contribution is -0.137. The number of carbonyl (C=O) groups excluding carboxylic acids is 2. The van der Waals surface area contributed by atoms with Crippen LogP contribution in [0.15, 0.2) is 0 Å². The molecule has 130 valence electrons. The van der Waals surface area contributed by atoms with Crippen molar-refractivity contribution >= 4 is 12.0 Å². The Labute approximate surface area is 139 Å². The van der Waals surface area contributed by atoms with Crippen LogP contribution < -0.4 is 5.32 Å². The number of alkyl carbamates (subject to hydrolysis) is 1. The largest absolute Gasteiger partial charge is 0.444 e. The topological polar surface area (TPSA) is 82.4 Å². The summed E-state index contributed by atoms with van der Waals surface area (Å²) in [5.74, 6) is -0.0919. The lowest BCUT2D eigenvalue weighted by atomic mass is 9.85. The van der Waals surface area contributed by atoms with Crippen LogP contribution in [0.1, 0.15) is 54.4 Å². The fourth-order valence-electron chi connectivity index (χ4n) is 2.49. The van der Waals surface area contributed by atoms with Crippen LogP contribution in [0, 0.1) is 22.7 Å². The molecule has 1 heterocycles. The van der Waals surface area contributed by atoms with Gasteiger partial charge in [-0.05, 0) is 39.0 Å². The van der Waals surface area contributed by atoms with Crippen molar-refractivity contribution in [2.75, 3.05) is 13.1 Å². The van der Waals surface area contributed by atoms with Crippen molar-refractivity contribution in [1.29, 1.82) is 5.26 Å². The molecular formula is C17H29N3O3. The molecule has 1 saturated heterocycles. The predicted molar refractivity (Wildman–Crippen MR) is 87.5 cm³/mol. The first kappa shape index (κ1) is 19.3. The second-order valence-electron chi connectivity index (χ2n) is 8.17. The van der Waals surface area contributed by atoms with Crippen molar-refractivity contribution in [3.8, 4) is 6.07 Å². The Morgan fingerprint density at radius 3 is 2.09 bits per heavy atom. The van der Waals surface area contributed by atoms with Crippen LogP contribution in [0.5, 0.6) is 0 Å². The maximum Gasteiger partial charge on any atom is 0.408 e. The van der Waals surface area contributed by atoms with E-state index in [-0.39, 0.29) is 11.8 Å². The molecule has 0 aromatic heterocycles. The standard InChI is InChI=1S/C17H29N3O3/c1-16(2,3)13(19-15(22)23-17(4,5)6)14(21)20-9-7-12(11-18)8-10-20/h12-13H,7-10H2,1-6H3,(H,19,22). The molecule has 1 fully saturated rings. The Bertz CT molecular complexity index is 475. The van der Waals surface area contributed by atoms with Gasteiger partial charge in [-0.1, -0.05) is 20.8 Å². The fourth-order valence-corrected chi connectivity index (χ4v) is 2.49. The van der Waals surface area contributed by atoms with Gasteiger partial charge in [0.1, 0.15) is 11.6 Å². The molecule has 1 rings (SSSR count). The zero-order valence-electron chi connectivity index (χ0n) is 15.1. The highest BCUT2D eigenvalue weighted by molar-refractivity contribution is 5.86. The molecule has 2 amide bonds. The minimum Gasteiger partial charge on any atom is -0.444 e. The van der Waals surface area contributed by atoms with Gasteiger partial charge in [-0.2, -0.15) is 5.26 Å². The van der Waals surface area contributed by atoms with Crippen LogP contribution in [0.3, 0.4) is 0 Å². The number of ether oxygens (including phenoxy) is 1. The minimum absolute atomic E-state index is 0.0194. The molecule has 0 saturated carbocycles. The zero-order valence-corrected chi connectivity index (χ0v) is 15.1. The summed E-state index contributed by atoms with van der Waals surface area (Å²) >= 11 is 0. The lowest BCUT2D eigenvalue weighted by Crippen LogP contribution is -2.56. The third-order valence-electron chi connectivity index (χ3n) is 3.76. The first-order valence-corrected chi connectivity index (χ1v) is 8.12. The van der Waals surface area contributed by atoms with Crippen molar-refractivity contribution in [2.45, 2.75) is 66.0 Å². The molecule has 23 heavy (non-hydrogen) atoms. The third kappa shape index (κ3) is 6.09. The monoisotopic (exact) mass is 323 g/mol. The van der Waals surface area contributed by atoms with E-state index in [2.05, 4.69) is 11.4 Å². The second kappa shape index (κ2) is 7.20. The highest BCUT2D eigenvalue weighted by atomic mass is 16.6. The summed E-state index contributed by atoms with van der Waals surface area (Å²) in [5, 5.41) is 11.7. The van der Waals surface area contributed by atoms with E-state index in [1.165, 1.54) is 0 Å². The summed E-state index contributed by atoms with van der Waals surface area (Å²) in [6, 6.07) is 1.60. The SMILES string of the molecule is CC(C)(C)OC(=O)NC(C(=O)N1CCC(C#N)CC1)C(C)(C)C. The molecule has 0 spiro atoms. The van der Waals surface area contributed by atoms with Crippen LogP contribution in [-0.4, -0.2) is 41.6 Å². The highest BCUT2D eigenvalue weighted by Crippen LogP contribution is 2.24. The predicted octanol–water partition coefficient (Wildman–Crippen LogP) is 2.69. The second-order valence-corrected chi connectivity index (χ2v) is 8.17. The quantitative estimate of drug-likeness (QED) is 0.847. The minimum atomic E-state index is -0.656. The van der Waals surface area contributed by atoms with Crippen molar-refractivity contribution < 1.29 is 14.3 Å². The summed E-state index contributed by atoms with van der Waals surface area (Å²) in [6.07, 6.45) is 0.787. The average molecular weight is 323 g/mol. The van der Waals surface area contributed by atoms with E-state index in [9.17, 15) is 9.59 Å². The molecule has 1 unspecified atom stereocenters. The van der Waals surface area contributed by atoms with Crippen LogP contribution in [-0.2, 0) is 9.53 Å². The van der Waals surface area contributed by atoms with Gasteiger partial charge in [0.15, 0.2) is 0 Å². The summed E-state index contributed by atoms with van der Waals surface area (Å²) in [6.45, 7) is 12.2. The van der Waals surface area contributed by atoms with Gasteiger partial charge in [0.05, 0.1) is 6.07 Å². The van der Waals surface area contributed by atoms with Gasteiger partial charge < -0.3 is 15.0 Å². The number of nitrogens with zero attached hydrogens (tertiary/aromatic N) is 2. The number of rotatable bonds is 2. The van der Waals surface area contributed by atoms with E-state index >= 15 is 0 Å². The highest BCUT2D eigenvalue weighted by Gasteiger charge is 2.37. The molecular weight excluding hydrogens is 294 g/mol. The number of nitriles is 1. The summed E-state index contributed by atoms with van der Waals surface area (Å²) in [5.41, 5.74) is -1.04. The lowest BCUT2D eigenvalue weighted by Gasteiger charge is -2.37. The van der Waals surface area contributed by atoms with E-state index in [1.54, 1.807) is 25.7 Å². The number of carbonyl (C=O) groups is 2. The van der Waals surface area contributed by atoms with Crippen LogP contribution in [0.2, 0.25) is 0 Å². The summed E-state index contributed by atoms with van der Waals surface area (Å²) in [4.78, 5) is 26.6. The molecule has 0 bridgehead atoms. The third-order valence-corrected chi connectivity index (χ3v) is 3.76. The van der Waals surface area contributed by atoms with Crippen LogP contribution >= 0.6 is 0 Å². The normalized spacial score (nSPS) is 18.0. The maximum absolute atomic E-state index is 12.8. The summed E-state index contributed by atoms with van der Waals surface area (Å²) in [7, 11) is 0. The maximum atomic E-state index is 12.8. The molecule has 1 aliphatic rings. The number of likely N-dealkylation sites (tertiary alicyclic amines) is 1. The smallest absolute Gasteiger partial charge is 0.408 e. The Balaban J connectivity index is 2.77. The molecule has 0 aliphatic carbocycles. The molecule has 6 nitrogen and oxygen atoms in total. The molecule has 1 N–H and O–H groups in total. The van der Waals surface area contributed by atoms with Gasteiger partial charge in [-0.15, -0.1) is 0 Å². The van der Waals surface area contributed by atoms with Crippen LogP contribution in [0.4, 0.5) is 4.79 Å². The first-order chi connectivity index (χ1) is 10.4. The Hall–Kier alpha value is -1.77. The number of nitrogens with one attached hydrogen (secondary N) is 1. The van der Waals surface area contributed by atoms with Gasteiger partial charge >= 0.3 is 6.09 Å². The molecule has 0 aromatic carbocycles. The van der Waals surface area contributed by atoms with Crippen molar-refractivity contribution in [3.05, 3.63) is 0 Å². The van der Waals surface area contributed by atoms with Crippen LogP contribution in [0.25, 0.3) is 0 Å². The van der Waals surface area contributed by atoms with Gasteiger partial charge in [0, 0.05) is 19.0 Å². The summed E-state index contributed by atoms with van der Waals surface area (Å²) < 4.78 is 5.27. The van der Waals surface area contributed by atoms with Crippen molar-refractivity contribution in [2.24, 2.45) is 11.3 Å². The molecule has 1 aliphatic heterocycles. The van der Waals surface area contributed by atoms with E-state index < -0.39 is 23.2 Å². The molecule has 0 radical (unpaired) electrons. The van der Waals surface area contributed by atoms with E-state index in [4.69, 9.17) is 10.00 Å². The number of piperidine rings is 1. The van der Waals surface area contributed by atoms with Gasteiger partial charge in [-0.3, -0.25) is 4.79 Å². The number of hydrogen-bond acceptors (Lipinski definition) is 4. The molecule has 6 heteroatoms. The first-order valence-electron chi connectivity index (χ1n) is 8.12. The Kier molecular flexibility index (Phi) is 6.04. The zero-order chi connectivity index (χ0) is 17.8. The van der Waals surface area contributed by atoms with E-state index in [0.717, 1.165) is 0 Å².